The second-order valence-corrected chi connectivity index (χ2v) is 5.74. The highest BCUT2D eigenvalue weighted by molar-refractivity contribution is 6.09. The molecule has 0 spiro atoms. The summed E-state index contributed by atoms with van der Waals surface area (Å²) < 4.78 is 0. The molecule has 0 bridgehead atoms. The number of benzene rings is 3. The van der Waals surface area contributed by atoms with Crippen LogP contribution in [0.5, 0.6) is 0 Å². The lowest BCUT2D eigenvalue weighted by Gasteiger charge is -2.23. The fourth-order valence-corrected chi connectivity index (χ4v) is 3.25. The van der Waals surface area contributed by atoms with Crippen molar-refractivity contribution in [2.24, 2.45) is 0 Å². The fourth-order valence-electron chi connectivity index (χ4n) is 3.25. The van der Waals surface area contributed by atoms with E-state index in [9.17, 15) is 10.2 Å². The van der Waals surface area contributed by atoms with Gasteiger partial charge in [0.15, 0.2) is 0 Å². The summed E-state index contributed by atoms with van der Waals surface area (Å²) in [5.74, 6) is 0. The molecule has 2 heteroatoms. The summed E-state index contributed by atoms with van der Waals surface area (Å²) in [6, 6.07) is 14.6. The number of aliphatic hydroxyl groups is 2. The summed E-state index contributed by atoms with van der Waals surface area (Å²) in [6.07, 6.45) is 1.87. The van der Waals surface area contributed by atoms with Crippen molar-refractivity contribution >= 4 is 27.6 Å². The Hall–Kier alpha value is -2.16. The number of aryl methyl sites for hydroxylation is 1. The van der Waals surface area contributed by atoms with Gasteiger partial charge in [-0.1, -0.05) is 42.5 Å². The summed E-state index contributed by atoms with van der Waals surface area (Å²) in [6.45, 7) is 2.09. The van der Waals surface area contributed by atoms with Crippen molar-refractivity contribution in [2.45, 2.75) is 19.1 Å². The second-order valence-electron chi connectivity index (χ2n) is 5.74. The molecule has 0 heterocycles. The van der Waals surface area contributed by atoms with Crippen LogP contribution in [0.4, 0.5) is 0 Å². The lowest BCUT2D eigenvalue weighted by atomic mass is 9.87. The van der Waals surface area contributed by atoms with Crippen LogP contribution >= 0.6 is 0 Å². The van der Waals surface area contributed by atoms with Crippen LogP contribution < -0.4 is 0 Å². The van der Waals surface area contributed by atoms with Crippen molar-refractivity contribution in [2.75, 3.05) is 0 Å². The molecule has 104 valence electrons. The van der Waals surface area contributed by atoms with Crippen molar-refractivity contribution < 1.29 is 10.2 Å². The zero-order chi connectivity index (χ0) is 14.6. The molecule has 2 nitrogen and oxygen atoms in total. The van der Waals surface area contributed by atoms with Crippen molar-refractivity contribution in [3.05, 3.63) is 65.2 Å². The third-order valence-corrected chi connectivity index (χ3v) is 4.39. The number of hydrogen-bond donors (Lipinski definition) is 2. The van der Waals surface area contributed by atoms with E-state index >= 15 is 0 Å². The van der Waals surface area contributed by atoms with Gasteiger partial charge in [-0.2, -0.15) is 0 Å². The minimum atomic E-state index is -0.847. The number of hydrogen-bond acceptors (Lipinski definition) is 2. The van der Waals surface area contributed by atoms with Gasteiger partial charge < -0.3 is 10.2 Å². The Bertz CT molecular complexity index is 893. The van der Waals surface area contributed by atoms with Gasteiger partial charge in [0.25, 0.3) is 0 Å². The topological polar surface area (TPSA) is 40.5 Å². The molecule has 3 aromatic rings. The molecule has 2 atom stereocenters. The Kier molecular flexibility index (Phi) is 2.64. The van der Waals surface area contributed by atoms with Crippen LogP contribution in [0.3, 0.4) is 0 Å². The van der Waals surface area contributed by atoms with Crippen LogP contribution in [0.1, 0.15) is 22.8 Å². The summed E-state index contributed by atoms with van der Waals surface area (Å²) >= 11 is 0. The van der Waals surface area contributed by atoms with Gasteiger partial charge in [0.05, 0.1) is 0 Å². The van der Waals surface area contributed by atoms with Crippen LogP contribution in [-0.4, -0.2) is 16.3 Å². The van der Waals surface area contributed by atoms with Crippen LogP contribution in [0, 0.1) is 6.92 Å². The Morgan fingerprint density at radius 3 is 2.57 bits per heavy atom. The quantitative estimate of drug-likeness (QED) is 0.614. The maximum atomic E-state index is 10.2. The van der Waals surface area contributed by atoms with Gasteiger partial charge >= 0.3 is 0 Å². The van der Waals surface area contributed by atoms with Crippen molar-refractivity contribution in [1.29, 1.82) is 0 Å². The summed E-state index contributed by atoms with van der Waals surface area (Å²) in [4.78, 5) is 0. The van der Waals surface area contributed by atoms with E-state index in [1.807, 2.05) is 24.3 Å². The molecule has 1 aliphatic rings. The van der Waals surface area contributed by atoms with Gasteiger partial charge in [-0.25, -0.2) is 0 Å². The Morgan fingerprint density at radius 2 is 1.71 bits per heavy atom. The second kappa shape index (κ2) is 4.42. The van der Waals surface area contributed by atoms with E-state index < -0.39 is 12.2 Å². The molecule has 0 saturated heterocycles. The molecule has 0 aromatic heterocycles. The van der Waals surface area contributed by atoms with E-state index in [2.05, 4.69) is 31.2 Å². The number of fused-ring (bicyclic) bond motifs is 4. The smallest absolute Gasteiger partial charge is 0.109 e. The van der Waals surface area contributed by atoms with E-state index in [0.717, 1.165) is 16.5 Å². The molecular formula is C19H16O2. The Morgan fingerprint density at radius 1 is 0.905 bits per heavy atom. The van der Waals surface area contributed by atoms with Gasteiger partial charge in [0, 0.05) is 0 Å². The highest BCUT2D eigenvalue weighted by Gasteiger charge is 2.23. The largest absolute Gasteiger partial charge is 0.386 e. The molecule has 21 heavy (non-hydrogen) atoms. The minimum absolute atomic E-state index is 0.802. The maximum Gasteiger partial charge on any atom is 0.109 e. The Balaban J connectivity index is 2.14. The van der Waals surface area contributed by atoms with Crippen LogP contribution in [0.2, 0.25) is 0 Å². The van der Waals surface area contributed by atoms with E-state index in [1.54, 1.807) is 6.08 Å². The van der Waals surface area contributed by atoms with E-state index in [1.165, 1.54) is 21.7 Å². The van der Waals surface area contributed by atoms with Crippen LogP contribution in [0.15, 0.2) is 48.5 Å². The first-order chi connectivity index (χ1) is 10.1. The zero-order valence-corrected chi connectivity index (χ0v) is 11.7. The highest BCUT2D eigenvalue weighted by Crippen LogP contribution is 2.36. The van der Waals surface area contributed by atoms with Crippen molar-refractivity contribution in [3.8, 4) is 0 Å². The summed E-state index contributed by atoms with van der Waals surface area (Å²) in [7, 11) is 0. The lowest BCUT2D eigenvalue weighted by molar-refractivity contribution is 0.0471. The monoisotopic (exact) mass is 276 g/mol. The zero-order valence-electron chi connectivity index (χ0n) is 11.7. The van der Waals surface area contributed by atoms with Gasteiger partial charge in [-0.15, -0.1) is 0 Å². The van der Waals surface area contributed by atoms with Gasteiger partial charge in [-0.05, 0) is 57.3 Å². The molecule has 0 amide bonds. The third kappa shape index (κ3) is 1.80. The minimum Gasteiger partial charge on any atom is -0.386 e. The van der Waals surface area contributed by atoms with Gasteiger partial charge in [0.1, 0.15) is 12.2 Å². The van der Waals surface area contributed by atoms with Gasteiger partial charge in [-0.3, -0.25) is 0 Å². The number of aliphatic hydroxyl groups excluding tert-OH is 2. The molecule has 0 unspecified atom stereocenters. The normalized spacial score (nSPS) is 20.9. The molecule has 0 radical (unpaired) electrons. The van der Waals surface area contributed by atoms with E-state index in [-0.39, 0.29) is 0 Å². The van der Waals surface area contributed by atoms with E-state index in [4.69, 9.17) is 0 Å². The van der Waals surface area contributed by atoms with Gasteiger partial charge in [0.2, 0.25) is 0 Å². The third-order valence-electron chi connectivity index (χ3n) is 4.39. The molecular weight excluding hydrogens is 260 g/mol. The molecule has 0 saturated carbocycles. The average molecular weight is 276 g/mol. The molecule has 0 fully saturated rings. The summed E-state index contributed by atoms with van der Waals surface area (Å²) in [5.41, 5.74) is 2.97. The fraction of sp³-hybridized carbons (Fsp3) is 0.158. The predicted molar refractivity (Wildman–Crippen MR) is 86.2 cm³/mol. The maximum absolute atomic E-state index is 10.2. The van der Waals surface area contributed by atoms with Crippen molar-refractivity contribution in [3.63, 3.8) is 0 Å². The molecule has 4 rings (SSSR count). The van der Waals surface area contributed by atoms with E-state index in [0.29, 0.717) is 0 Å². The molecule has 3 aromatic carbocycles. The SMILES string of the molecule is Cc1cc2ccccc2c2cc3c(cc12)[C@@H](O)[C@H](O)C=C3. The van der Waals surface area contributed by atoms with Crippen LogP contribution in [0.25, 0.3) is 27.6 Å². The van der Waals surface area contributed by atoms with Crippen LogP contribution in [-0.2, 0) is 0 Å². The molecule has 0 aliphatic heterocycles. The average Bonchev–Trinajstić information content (AvgIpc) is 2.50. The molecule has 2 N–H and O–H groups in total. The first-order valence-electron chi connectivity index (χ1n) is 7.15. The standard InChI is InChI=1S/C19H16O2/c1-11-8-12-4-2-3-5-14(12)17-9-13-6-7-18(20)19(21)16(13)10-15(11)17/h2-10,18-21H,1H3/t18-,19-/m1/s1. The number of rotatable bonds is 0. The molecule has 1 aliphatic carbocycles. The first-order valence-corrected chi connectivity index (χ1v) is 7.15. The highest BCUT2D eigenvalue weighted by atomic mass is 16.3. The Labute approximate surface area is 123 Å². The lowest BCUT2D eigenvalue weighted by Crippen LogP contribution is -2.19. The predicted octanol–water partition coefficient (Wildman–Crippen LogP) is 3.72. The first kappa shape index (κ1) is 12.6. The van der Waals surface area contributed by atoms with Crippen molar-refractivity contribution in [1.82, 2.24) is 0 Å². The summed E-state index contributed by atoms with van der Waals surface area (Å²) in [5, 5.41) is 24.8.